The summed E-state index contributed by atoms with van der Waals surface area (Å²) in [6, 6.07) is 19.6. The number of aromatic nitrogens is 2. The molecule has 7 rings (SSSR count). The molecule has 61 heavy (non-hydrogen) atoms. The minimum absolute atomic E-state index is 0.0655. The van der Waals surface area contributed by atoms with Crippen LogP contribution in [-0.4, -0.2) is 119 Å². The van der Waals surface area contributed by atoms with Crippen LogP contribution < -0.4 is 10.6 Å². The Morgan fingerprint density at radius 2 is 1.18 bits per heavy atom. The number of fused-ring (bicyclic) bond motifs is 2. The van der Waals surface area contributed by atoms with Crippen molar-refractivity contribution in [3.8, 4) is 22.3 Å². The molecule has 1 unspecified atom stereocenters. The summed E-state index contributed by atoms with van der Waals surface area (Å²) >= 11 is 0. The zero-order valence-electron chi connectivity index (χ0n) is 37.4. The summed E-state index contributed by atoms with van der Waals surface area (Å²) < 4.78 is 12.0. The summed E-state index contributed by atoms with van der Waals surface area (Å²) in [5.74, 6) is 1.08. The number of rotatable bonds is 10. The zero-order chi connectivity index (χ0) is 44.0. The van der Waals surface area contributed by atoms with E-state index in [4.69, 9.17) is 14.5 Å². The quantitative estimate of drug-likeness (QED) is 0.165. The Morgan fingerprint density at radius 1 is 0.689 bits per heavy atom. The third kappa shape index (κ3) is 8.20. The van der Waals surface area contributed by atoms with Gasteiger partial charge in [0.1, 0.15) is 24.1 Å². The van der Waals surface area contributed by atoms with Crippen molar-refractivity contribution in [2.75, 3.05) is 52.0 Å². The lowest BCUT2D eigenvalue weighted by atomic mass is 9.99. The Bertz CT molecular complexity index is 2290. The molecule has 1 aromatic heterocycles. The van der Waals surface area contributed by atoms with Crippen LogP contribution in [0.1, 0.15) is 66.3 Å². The maximum atomic E-state index is 14.1. The number of hydrogen-bond acceptors (Lipinski definition) is 9. The number of amides is 4. The highest BCUT2D eigenvalue weighted by Crippen LogP contribution is 2.40. The summed E-state index contributed by atoms with van der Waals surface area (Å²) in [7, 11) is 7.93. The van der Waals surface area contributed by atoms with Crippen LogP contribution in [0.3, 0.4) is 0 Å². The molecular formula is C47H62N8O6. The molecule has 0 aliphatic carbocycles. The van der Waals surface area contributed by atoms with Crippen molar-refractivity contribution in [3.05, 3.63) is 66.5 Å². The van der Waals surface area contributed by atoms with Crippen LogP contribution in [0.4, 0.5) is 21.0 Å². The zero-order valence-corrected chi connectivity index (χ0v) is 37.4. The van der Waals surface area contributed by atoms with Gasteiger partial charge in [0, 0.05) is 34.2 Å². The molecule has 2 fully saturated rings. The normalized spacial score (nSPS) is 21.9. The van der Waals surface area contributed by atoms with Crippen molar-refractivity contribution in [2.45, 2.75) is 84.7 Å². The molecule has 326 valence electrons. The van der Waals surface area contributed by atoms with Crippen molar-refractivity contribution < 1.29 is 28.7 Å². The molecular weight excluding hydrogens is 773 g/mol. The Kier molecular flexibility index (Phi) is 12.3. The number of methoxy groups -OCH3 is 2. The van der Waals surface area contributed by atoms with Crippen LogP contribution in [0.25, 0.3) is 33.3 Å². The number of carbonyl (C=O) groups excluding carboxylic acids is 4. The van der Waals surface area contributed by atoms with E-state index in [9.17, 15) is 19.2 Å². The Labute approximate surface area is 359 Å². The summed E-state index contributed by atoms with van der Waals surface area (Å²) in [6.07, 6.45) is 0.391. The monoisotopic (exact) mass is 834 g/mol. The molecule has 7 atom stereocenters. The van der Waals surface area contributed by atoms with Crippen LogP contribution >= 0.6 is 0 Å². The molecule has 2 saturated heterocycles. The second-order valence-corrected chi connectivity index (χ2v) is 18.1. The number of nitrogens with one attached hydrogen (secondary N) is 2. The van der Waals surface area contributed by atoms with Gasteiger partial charge in [-0.25, -0.2) is 14.6 Å². The number of ether oxygens (including phenoxy) is 2. The highest BCUT2D eigenvalue weighted by molar-refractivity contribution is 5.89. The van der Waals surface area contributed by atoms with Crippen molar-refractivity contribution in [2.24, 2.45) is 30.7 Å². The Morgan fingerprint density at radius 3 is 1.75 bits per heavy atom. The standard InChI is InChI=1S/C47H62N8O6/c1-26(2)40(52(8)46(58)60-10)44(56)54-24-28(5)20-38(54)42-48-34-18-16-32(22-36(34)49-42)30-12-14-31(15-13-30)33-17-19-35-37(23-33)51(7)43(50-35)39-21-29(6)25-55(39)45(57)41(27(3)4)53(9)47(59)61-11/h12-19,22-23,26-29,38-42,48-49H,20-21,24-25H2,1-11H3/t28-,29-,38-,39-,40-,41-,42?/m0/s1. The molecule has 14 heteroatoms. The summed E-state index contributed by atoms with van der Waals surface area (Å²) in [5.41, 5.74) is 8.10. The van der Waals surface area contributed by atoms with Crippen LogP contribution in [0.5, 0.6) is 0 Å². The molecule has 0 saturated carbocycles. The largest absolute Gasteiger partial charge is 0.453 e. The van der Waals surface area contributed by atoms with E-state index in [0.29, 0.717) is 19.0 Å². The molecule has 0 radical (unpaired) electrons. The minimum Gasteiger partial charge on any atom is -0.453 e. The van der Waals surface area contributed by atoms with Gasteiger partial charge in [-0.3, -0.25) is 19.4 Å². The number of nitrogens with zero attached hydrogens (tertiary/aromatic N) is 6. The van der Waals surface area contributed by atoms with E-state index in [0.717, 1.165) is 63.3 Å². The Balaban J connectivity index is 1.07. The molecule has 14 nitrogen and oxygen atoms in total. The summed E-state index contributed by atoms with van der Waals surface area (Å²) in [6.45, 7) is 13.3. The fraction of sp³-hybridized carbons (Fsp3) is 0.511. The van der Waals surface area contributed by atoms with Gasteiger partial charge in [-0.05, 0) is 83.0 Å². The predicted molar refractivity (Wildman–Crippen MR) is 238 cm³/mol. The van der Waals surface area contributed by atoms with Crippen LogP contribution in [0.15, 0.2) is 60.7 Å². The number of aryl methyl sites for hydroxylation is 1. The van der Waals surface area contributed by atoms with Gasteiger partial charge in [0.2, 0.25) is 11.8 Å². The third-order valence-electron chi connectivity index (χ3n) is 12.9. The average Bonchev–Trinajstić information content (AvgIpc) is 4.03. The average molecular weight is 835 g/mol. The Hall–Kier alpha value is -5.79. The van der Waals surface area contributed by atoms with Gasteiger partial charge in [0.05, 0.1) is 48.7 Å². The molecule has 3 aromatic carbocycles. The maximum Gasteiger partial charge on any atom is 0.409 e. The van der Waals surface area contributed by atoms with Gasteiger partial charge in [-0.2, -0.15) is 0 Å². The van der Waals surface area contributed by atoms with Gasteiger partial charge in [-0.15, -0.1) is 0 Å². The number of carbonyl (C=O) groups is 4. The fourth-order valence-electron chi connectivity index (χ4n) is 9.91. The van der Waals surface area contributed by atoms with Gasteiger partial charge < -0.3 is 34.5 Å². The number of benzene rings is 3. The molecule has 0 spiro atoms. The van der Waals surface area contributed by atoms with E-state index in [-0.39, 0.29) is 47.8 Å². The van der Waals surface area contributed by atoms with E-state index in [2.05, 4.69) is 83.6 Å². The van der Waals surface area contributed by atoms with Crippen molar-refractivity contribution in [1.82, 2.24) is 29.2 Å². The smallest absolute Gasteiger partial charge is 0.409 e. The summed E-state index contributed by atoms with van der Waals surface area (Å²) in [4.78, 5) is 64.9. The minimum atomic E-state index is -0.651. The lowest BCUT2D eigenvalue weighted by molar-refractivity contribution is -0.139. The highest BCUT2D eigenvalue weighted by Gasteiger charge is 2.45. The second kappa shape index (κ2) is 17.3. The molecule has 4 aromatic rings. The van der Waals surface area contributed by atoms with Crippen LogP contribution in [0, 0.1) is 23.7 Å². The molecule has 3 aliphatic heterocycles. The highest BCUT2D eigenvalue weighted by atomic mass is 16.5. The number of hydrogen-bond donors (Lipinski definition) is 2. The lowest BCUT2D eigenvalue weighted by Crippen LogP contribution is -2.56. The van der Waals surface area contributed by atoms with Crippen molar-refractivity contribution in [3.63, 3.8) is 0 Å². The van der Waals surface area contributed by atoms with E-state index in [1.807, 2.05) is 50.6 Å². The predicted octanol–water partition coefficient (Wildman–Crippen LogP) is 7.66. The SMILES string of the molecule is COC(=O)N(C)[C@H](C(=O)N1C[C@@H](C)C[C@H]1c1nc2ccc(-c3ccc(-c4ccc5c(c4)NC([C@@H]4C[C@H](C)CN4C(=O)[C@H](C(C)C)N(C)C(=O)OC)N5)cc3)cc2n1C)C(C)C. The van der Waals surface area contributed by atoms with E-state index >= 15 is 0 Å². The van der Waals surface area contributed by atoms with Crippen LogP contribution in [0.2, 0.25) is 0 Å². The summed E-state index contributed by atoms with van der Waals surface area (Å²) in [5, 5.41) is 7.31. The number of imidazole rings is 1. The molecule has 2 N–H and O–H groups in total. The molecule has 4 heterocycles. The van der Waals surface area contributed by atoms with Gasteiger partial charge in [0.25, 0.3) is 0 Å². The third-order valence-corrected chi connectivity index (χ3v) is 12.9. The number of likely N-dealkylation sites (tertiary alicyclic amines) is 2. The molecule has 0 bridgehead atoms. The first-order valence-electron chi connectivity index (χ1n) is 21.5. The van der Waals surface area contributed by atoms with Crippen molar-refractivity contribution >= 4 is 46.4 Å². The number of anilines is 2. The van der Waals surface area contributed by atoms with Crippen molar-refractivity contribution in [1.29, 1.82) is 0 Å². The topological polar surface area (TPSA) is 142 Å². The van der Waals surface area contributed by atoms with Gasteiger partial charge in [0.15, 0.2) is 0 Å². The second-order valence-electron chi connectivity index (χ2n) is 18.1. The van der Waals surface area contributed by atoms with E-state index in [1.165, 1.54) is 24.0 Å². The van der Waals surface area contributed by atoms with Crippen LogP contribution in [-0.2, 0) is 26.1 Å². The number of likely N-dealkylation sites (N-methyl/N-ethyl adjacent to an activating group) is 2. The van der Waals surface area contributed by atoms with Gasteiger partial charge >= 0.3 is 12.2 Å². The first-order chi connectivity index (χ1) is 29.0. The fourth-order valence-corrected chi connectivity index (χ4v) is 9.91. The first kappa shape index (κ1) is 43.3. The first-order valence-corrected chi connectivity index (χ1v) is 21.5. The lowest BCUT2D eigenvalue weighted by Gasteiger charge is -2.36. The maximum absolute atomic E-state index is 14.1. The molecule has 4 amide bonds. The van der Waals surface area contributed by atoms with E-state index < -0.39 is 24.3 Å². The van der Waals surface area contributed by atoms with E-state index in [1.54, 1.807) is 14.1 Å². The molecule has 3 aliphatic rings. The van der Waals surface area contributed by atoms with Gasteiger partial charge in [-0.1, -0.05) is 77.9 Å².